The first-order valence-electron chi connectivity index (χ1n) is 5.07. The lowest BCUT2D eigenvalue weighted by Crippen LogP contribution is -2.06. The largest absolute Gasteiger partial charge is 0.490 e. The van der Waals surface area contributed by atoms with E-state index in [0.717, 1.165) is 4.70 Å². The van der Waals surface area contributed by atoms with E-state index in [1.165, 1.54) is 17.4 Å². The minimum atomic E-state index is -0.468. The first-order chi connectivity index (χ1) is 8.24. The van der Waals surface area contributed by atoms with E-state index in [-0.39, 0.29) is 5.75 Å². The lowest BCUT2D eigenvalue weighted by atomic mass is 10.3. The van der Waals surface area contributed by atoms with Gasteiger partial charge in [-0.1, -0.05) is 0 Å². The van der Waals surface area contributed by atoms with Crippen LogP contribution >= 0.6 is 11.3 Å². The Morgan fingerprint density at radius 1 is 1.53 bits per heavy atom. The van der Waals surface area contributed by atoms with E-state index < -0.39 is 5.82 Å². The summed E-state index contributed by atoms with van der Waals surface area (Å²) in [5.74, 6) is -0.289. The number of nitrogens with two attached hydrogens (primary N) is 1. The molecule has 0 fully saturated rings. The van der Waals surface area contributed by atoms with Crippen LogP contribution in [-0.4, -0.2) is 18.1 Å². The van der Waals surface area contributed by atoms with Crippen molar-refractivity contribution >= 4 is 21.6 Å². The molecule has 0 aliphatic carbocycles. The third kappa shape index (κ3) is 2.52. The number of benzene rings is 1. The van der Waals surface area contributed by atoms with Gasteiger partial charge in [0.05, 0.1) is 16.8 Å². The van der Waals surface area contributed by atoms with Crippen molar-refractivity contribution in [2.45, 2.75) is 6.42 Å². The lowest BCUT2D eigenvalue weighted by molar-refractivity contribution is 0.298. The van der Waals surface area contributed by atoms with Crippen molar-refractivity contribution in [1.82, 2.24) is 4.98 Å². The molecular weight excluding hydrogens is 241 g/mol. The molecule has 0 bridgehead atoms. The number of aromatic nitrogens is 1. The Balaban J connectivity index is 2.31. The van der Waals surface area contributed by atoms with Crippen molar-refractivity contribution in [1.29, 1.82) is 5.26 Å². The van der Waals surface area contributed by atoms with Crippen LogP contribution in [0.15, 0.2) is 12.1 Å². The van der Waals surface area contributed by atoms with Gasteiger partial charge in [-0.15, -0.1) is 11.3 Å². The summed E-state index contributed by atoms with van der Waals surface area (Å²) in [5.41, 5.74) is 5.81. The minimum absolute atomic E-state index is 0.180. The van der Waals surface area contributed by atoms with Crippen molar-refractivity contribution in [3.05, 3.63) is 23.0 Å². The number of ether oxygens (including phenoxy) is 1. The molecule has 0 aliphatic heterocycles. The Hall–Kier alpha value is -1.71. The summed E-state index contributed by atoms with van der Waals surface area (Å²) in [5, 5.41) is 9.03. The predicted octanol–water partition coefficient (Wildman–Crippen LogP) is 2.03. The minimum Gasteiger partial charge on any atom is -0.490 e. The summed E-state index contributed by atoms with van der Waals surface area (Å²) in [6.45, 7) is 0.881. The summed E-state index contributed by atoms with van der Waals surface area (Å²) >= 11 is 1.22. The van der Waals surface area contributed by atoms with Crippen LogP contribution in [0, 0.1) is 17.1 Å². The number of nitriles is 1. The molecule has 0 radical (unpaired) electrons. The zero-order valence-corrected chi connectivity index (χ0v) is 9.76. The van der Waals surface area contributed by atoms with E-state index in [4.69, 9.17) is 15.7 Å². The third-order valence-electron chi connectivity index (χ3n) is 2.14. The van der Waals surface area contributed by atoms with E-state index >= 15 is 0 Å². The summed E-state index contributed by atoms with van der Waals surface area (Å²) in [6, 6.07) is 4.79. The van der Waals surface area contributed by atoms with Gasteiger partial charge in [-0.2, -0.15) is 5.26 Å². The average molecular weight is 251 g/mol. The first-order valence-corrected chi connectivity index (χ1v) is 5.89. The van der Waals surface area contributed by atoms with Gasteiger partial charge in [0.15, 0.2) is 16.6 Å². The molecule has 2 N–H and O–H groups in total. The highest BCUT2D eigenvalue weighted by molar-refractivity contribution is 7.19. The van der Waals surface area contributed by atoms with Crippen molar-refractivity contribution in [2.24, 2.45) is 5.73 Å². The highest BCUT2D eigenvalue weighted by atomic mass is 32.1. The molecule has 2 aromatic rings. The summed E-state index contributed by atoms with van der Waals surface area (Å²) in [6.07, 6.45) is 0.670. The topological polar surface area (TPSA) is 71.9 Å². The molecule has 17 heavy (non-hydrogen) atoms. The first kappa shape index (κ1) is 11.8. The molecule has 0 spiro atoms. The Kier molecular flexibility index (Phi) is 3.52. The van der Waals surface area contributed by atoms with Gasteiger partial charge >= 0.3 is 0 Å². The maximum Gasteiger partial charge on any atom is 0.195 e. The second kappa shape index (κ2) is 5.08. The standard InChI is InChI=1S/C11H10FN3OS/c12-7-4-8-10(17-11(6-14)15-8)5-9(7)16-3-1-2-13/h4-5H,1-3,13H2. The quantitative estimate of drug-likeness (QED) is 0.844. The lowest BCUT2D eigenvalue weighted by Gasteiger charge is -2.05. The third-order valence-corrected chi connectivity index (χ3v) is 3.07. The number of thiazole rings is 1. The zero-order valence-electron chi connectivity index (χ0n) is 8.94. The second-order valence-corrected chi connectivity index (χ2v) is 4.40. The smallest absolute Gasteiger partial charge is 0.195 e. The molecule has 1 heterocycles. The summed E-state index contributed by atoms with van der Waals surface area (Å²) in [4.78, 5) is 3.97. The number of hydrogen-bond donors (Lipinski definition) is 1. The second-order valence-electron chi connectivity index (χ2n) is 3.37. The Morgan fingerprint density at radius 3 is 3.06 bits per heavy atom. The van der Waals surface area contributed by atoms with Crippen LogP contribution in [0.1, 0.15) is 11.4 Å². The van der Waals surface area contributed by atoms with E-state index in [9.17, 15) is 4.39 Å². The maximum atomic E-state index is 13.6. The fourth-order valence-electron chi connectivity index (χ4n) is 1.35. The highest BCUT2D eigenvalue weighted by Crippen LogP contribution is 2.28. The van der Waals surface area contributed by atoms with E-state index in [1.807, 2.05) is 6.07 Å². The molecule has 0 aliphatic rings. The van der Waals surface area contributed by atoms with Gasteiger partial charge < -0.3 is 10.5 Å². The van der Waals surface area contributed by atoms with E-state index in [1.54, 1.807) is 6.07 Å². The Morgan fingerprint density at radius 2 is 2.35 bits per heavy atom. The van der Waals surface area contributed by atoms with Gasteiger partial charge in [0, 0.05) is 12.1 Å². The molecule has 4 nitrogen and oxygen atoms in total. The van der Waals surface area contributed by atoms with Crippen molar-refractivity contribution in [3.8, 4) is 11.8 Å². The highest BCUT2D eigenvalue weighted by Gasteiger charge is 2.10. The van der Waals surface area contributed by atoms with Crippen molar-refractivity contribution in [2.75, 3.05) is 13.2 Å². The zero-order chi connectivity index (χ0) is 12.3. The molecule has 0 atom stereocenters. The van der Waals surface area contributed by atoms with Crippen LogP contribution in [0.3, 0.4) is 0 Å². The molecule has 0 amide bonds. The molecule has 88 valence electrons. The number of halogens is 1. The predicted molar refractivity (Wildman–Crippen MR) is 63.5 cm³/mol. The monoisotopic (exact) mass is 251 g/mol. The van der Waals surface area contributed by atoms with Crippen LogP contribution in [0.25, 0.3) is 10.2 Å². The average Bonchev–Trinajstić information content (AvgIpc) is 2.71. The van der Waals surface area contributed by atoms with Gasteiger partial charge in [0.25, 0.3) is 0 Å². The van der Waals surface area contributed by atoms with Gasteiger partial charge in [0.2, 0.25) is 0 Å². The fourth-order valence-corrected chi connectivity index (χ4v) is 2.13. The molecule has 1 aromatic heterocycles. The summed E-state index contributed by atoms with van der Waals surface area (Å²) in [7, 11) is 0. The number of hydrogen-bond acceptors (Lipinski definition) is 5. The fraction of sp³-hybridized carbons (Fsp3) is 0.273. The Labute approximate surface area is 101 Å². The van der Waals surface area contributed by atoms with Crippen LogP contribution in [0.4, 0.5) is 4.39 Å². The van der Waals surface area contributed by atoms with Crippen LogP contribution < -0.4 is 10.5 Å². The van der Waals surface area contributed by atoms with Gasteiger partial charge in [0.1, 0.15) is 6.07 Å². The molecular formula is C11H10FN3OS. The summed E-state index contributed by atoms with van der Waals surface area (Å²) < 4.78 is 19.6. The molecule has 0 saturated carbocycles. The molecule has 1 aromatic carbocycles. The maximum absolute atomic E-state index is 13.6. The van der Waals surface area contributed by atoms with Crippen LogP contribution in [0.2, 0.25) is 0 Å². The Bertz CT molecular complexity index is 576. The van der Waals surface area contributed by atoms with Crippen LogP contribution in [0.5, 0.6) is 5.75 Å². The molecule has 6 heteroatoms. The van der Waals surface area contributed by atoms with Crippen LogP contribution in [-0.2, 0) is 0 Å². The van der Waals surface area contributed by atoms with Gasteiger partial charge in [-0.05, 0) is 13.0 Å². The number of nitrogens with zero attached hydrogens (tertiary/aromatic N) is 2. The number of fused-ring (bicyclic) bond motifs is 1. The van der Waals surface area contributed by atoms with Crippen molar-refractivity contribution < 1.29 is 9.13 Å². The van der Waals surface area contributed by atoms with E-state index in [2.05, 4.69) is 4.98 Å². The SMILES string of the molecule is N#Cc1nc2cc(F)c(OCCCN)cc2s1. The van der Waals surface area contributed by atoms with Gasteiger partial charge in [-0.25, -0.2) is 9.37 Å². The molecule has 2 rings (SSSR count). The van der Waals surface area contributed by atoms with Crippen molar-refractivity contribution in [3.63, 3.8) is 0 Å². The molecule has 0 unspecified atom stereocenters. The van der Waals surface area contributed by atoms with Gasteiger partial charge in [-0.3, -0.25) is 0 Å². The normalized spacial score (nSPS) is 10.4. The number of rotatable bonds is 4. The van der Waals surface area contributed by atoms with E-state index in [0.29, 0.717) is 30.1 Å². The molecule has 0 saturated heterocycles.